The standard InChI is InChI=1S/C30H22Cl2N2O4/c1-2-18-7-4-6-10-26(18)34-29(36)24(28(35)33-30(34)37)16-23-22-9-5-3-8-19(22)12-14-27(23)38-17-20-11-13-21(31)15-25(20)32/h3-16H,2,17H2,1H3,(H,33,35,37)/b24-16-. The number of nitrogens with one attached hydrogen (secondary N) is 1. The van der Waals surface area contributed by atoms with Crippen LogP contribution in [0.2, 0.25) is 10.0 Å². The molecule has 0 spiro atoms. The molecule has 1 heterocycles. The van der Waals surface area contributed by atoms with E-state index in [0.29, 0.717) is 33.5 Å². The van der Waals surface area contributed by atoms with Gasteiger partial charge in [-0.25, -0.2) is 9.69 Å². The Labute approximate surface area is 229 Å². The highest BCUT2D eigenvalue weighted by molar-refractivity contribution is 6.39. The van der Waals surface area contributed by atoms with Crippen molar-refractivity contribution in [2.24, 2.45) is 0 Å². The van der Waals surface area contributed by atoms with Crippen LogP contribution < -0.4 is 15.0 Å². The van der Waals surface area contributed by atoms with Gasteiger partial charge >= 0.3 is 6.03 Å². The third-order valence-electron chi connectivity index (χ3n) is 6.33. The Bertz CT molecular complexity index is 1630. The van der Waals surface area contributed by atoms with E-state index in [2.05, 4.69) is 5.32 Å². The summed E-state index contributed by atoms with van der Waals surface area (Å²) in [4.78, 5) is 40.3. The van der Waals surface area contributed by atoms with Gasteiger partial charge in [0.25, 0.3) is 11.8 Å². The molecule has 0 bridgehead atoms. The van der Waals surface area contributed by atoms with Crippen LogP contribution in [0.3, 0.4) is 0 Å². The Hall–Kier alpha value is -4.13. The predicted molar refractivity (Wildman–Crippen MR) is 150 cm³/mol. The number of aryl methyl sites for hydroxylation is 1. The normalized spacial score (nSPS) is 14.8. The van der Waals surface area contributed by atoms with Crippen molar-refractivity contribution in [3.05, 3.63) is 111 Å². The van der Waals surface area contributed by atoms with Gasteiger partial charge in [-0.2, -0.15) is 0 Å². The first kappa shape index (κ1) is 25.5. The van der Waals surface area contributed by atoms with Gasteiger partial charge in [0.1, 0.15) is 17.9 Å². The fourth-order valence-corrected chi connectivity index (χ4v) is 4.86. The van der Waals surface area contributed by atoms with Gasteiger partial charge in [0, 0.05) is 21.2 Å². The van der Waals surface area contributed by atoms with Crippen molar-refractivity contribution in [2.45, 2.75) is 20.0 Å². The van der Waals surface area contributed by atoms with Crippen molar-refractivity contribution in [1.29, 1.82) is 0 Å². The van der Waals surface area contributed by atoms with E-state index in [1.165, 1.54) is 6.08 Å². The number of benzene rings is 4. The number of barbiturate groups is 1. The monoisotopic (exact) mass is 544 g/mol. The maximum Gasteiger partial charge on any atom is 0.335 e. The second-order valence-corrected chi connectivity index (χ2v) is 9.51. The summed E-state index contributed by atoms with van der Waals surface area (Å²) in [5, 5.41) is 4.95. The first-order valence-electron chi connectivity index (χ1n) is 11.9. The molecular formula is C30H22Cl2N2O4. The number of nitrogens with zero attached hydrogens (tertiary/aromatic N) is 1. The van der Waals surface area contributed by atoms with E-state index in [9.17, 15) is 14.4 Å². The number of hydrogen-bond donors (Lipinski definition) is 1. The minimum Gasteiger partial charge on any atom is -0.488 e. The van der Waals surface area contributed by atoms with Crippen molar-refractivity contribution < 1.29 is 19.1 Å². The highest BCUT2D eigenvalue weighted by atomic mass is 35.5. The van der Waals surface area contributed by atoms with E-state index in [-0.39, 0.29) is 12.2 Å². The fourth-order valence-electron chi connectivity index (χ4n) is 4.39. The van der Waals surface area contributed by atoms with Gasteiger partial charge in [-0.3, -0.25) is 14.9 Å². The summed E-state index contributed by atoms with van der Waals surface area (Å²) < 4.78 is 6.14. The lowest BCUT2D eigenvalue weighted by Crippen LogP contribution is -2.54. The van der Waals surface area contributed by atoms with Gasteiger partial charge in [-0.1, -0.05) is 84.7 Å². The van der Waals surface area contributed by atoms with Gasteiger partial charge in [-0.05, 0) is 53.1 Å². The Morgan fingerprint density at radius 3 is 2.45 bits per heavy atom. The Morgan fingerprint density at radius 1 is 0.895 bits per heavy atom. The van der Waals surface area contributed by atoms with Gasteiger partial charge in [-0.15, -0.1) is 0 Å². The average molecular weight is 545 g/mol. The lowest BCUT2D eigenvalue weighted by atomic mass is 9.99. The molecule has 4 aromatic carbocycles. The second-order valence-electron chi connectivity index (χ2n) is 8.66. The largest absolute Gasteiger partial charge is 0.488 e. The molecular weight excluding hydrogens is 523 g/mol. The molecule has 190 valence electrons. The highest BCUT2D eigenvalue weighted by Gasteiger charge is 2.37. The summed E-state index contributed by atoms with van der Waals surface area (Å²) in [5.41, 5.74) is 2.31. The lowest BCUT2D eigenvalue weighted by Gasteiger charge is -2.28. The van der Waals surface area contributed by atoms with E-state index < -0.39 is 17.8 Å². The summed E-state index contributed by atoms with van der Waals surface area (Å²) >= 11 is 12.3. The molecule has 6 nitrogen and oxygen atoms in total. The molecule has 1 aliphatic heterocycles. The molecule has 0 aromatic heterocycles. The molecule has 0 saturated carbocycles. The highest BCUT2D eigenvalue weighted by Crippen LogP contribution is 2.33. The van der Waals surface area contributed by atoms with Crippen molar-refractivity contribution in [3.63, 3.8) is 0 Å². The molecule has 1 fully saturated rings. The second kappa shape index (κ2) is 10.7. The first-order chi connectivity index (χ1) is 18.4. The zero-order chi connectivity index (χ0) is 26.8. The number of carbonyl (C=O) groups is 3. The predicted octanol–water partition coefficient (Wildman–Crippen LogP) is 6.95. The molecule has 0 radical (unpaired) electrons. The van der Waals surface area contributed by atoms with E-state index >= 15 is 0 Å². The van der Waals surface area contributed by atoms with Crippen molar-refractivity contribution in [2.75, 3.05) is 4.90 Å². The molecule has 0 unspecified atom stereocenters. The van der Waals surface area contributed by atoms with E-state index in [1.807, 2.05) is 49.4 Å². The van der Waals surface area contributed by atoms with Crippen LogP contribution in [-0.2, 0) is 22.6 Å². The Balaban J connectivity index is 1.59. The van der Waals surface area contributed by atoms with E-state index in [4.69, 9.17) is 27.9 Å². The number of ether oxygens (including phenoxy) is 1. The number of carbonyl (C=O) groups excluding carboxylic acids is 3. The number of amides is 4. The first-order valence-corrected chi connectivity index (χ1v) is 12.7. The minimum absolute atomic E-state index is 0.138. The number of para-hydroxylation sites is 1. The zero-order valence-electron chi connectivity index (χ0n) is 20.3. The number of halogens is 2. The molecule has 1 aliphatic rings. The molecule has 0 atom stereocenters. The summed E-state index contributed by atoms with van der Waals surface area (Å²) in [5.74, 6) is -1.04. The van der Waals surface area contributed by atoms with Gasteiger partial charge in [0.05, 0.1) is 5.69 Å². The molecule has 1 saturated heterocycles. The van der Waals surface area contributed by atoms with Crippen LogP contribution in [-0.4, -0.2) is 17.8 Å². The maximum atomic E-state index is 13.6. The topological polar surface area (TPSA) is 75.7 Å². The average Bonchev–Trinajstić information content (AvgIpc) is 2.91. The number of anilines is 1. The quantitative estimate of drug-likeness (QED) is 0.210. The molecule has 4 aromatic rings. The molecule has 1 N–H and O–H groups in total. The third-order valence-corrected chi connectivity index (χ3v) is 6.92. The van der Waals surface area contributed by atoms with Crippen molar-refractivity contribution in [1.82, 2.24) is 5.32 Å². The van der Waals surface area contributed by atoms with E-state index in [0.717, 1.165) is 26.8 Å². The van der Waals surface area contributed by atoms with Gasteiger partial charge in [0.2, 0.25) is 0 Å². The Kier molecular flexibility index (Phi) is 7.18. The van der Waals surface area contributed by atoms with Crippen molar-refractivity contribution in [3.8, 4) is 5.75 Å². The summed E-state index contributed by atoms with van der Waals surface area (Å²) in [6.07, 6.45) is 2.08. The smallest absolute Gasteiger partial charge is 0.335 e. The molecule has 38 heavy (non-hydrogen) atoms. The molecule has 8 heteroatoms. The third kappa shape index (κ3) is 4.88. The van der Waals surface area contributed by atoms with Crippen molar-refractivity contribution >= 4 is 63.6 Å². The lowest BCUT2D eigenvalue weighted by molar-refractivity contribution is -0.122. The number of fused-ring (bicyclic) bond motifs is 1. The van der Waals surface area contributed by atoms with Crippen LogP contribution >= 0.6 is 23.2 Å². The number of hydrogen-bond acceptors (Lipinski definition) is 4. The van der Waals surface area contributed by atoms with Crippen LogP contribution in [0.4, 0.5) is 10.5 Å². The Morgan fingerprint density at radius 2 is 1.66 bits per heavy atom. The minimum atomic E-state index is -0.787. The summed E-state index contributed by atoms with van der Waals surface area (Å²) in [6.45, 7) is 2.07. The molecule has 0 aliphatic carbocycles. The summed E-state index contributed by atoms with van der Waals surface area (Å²) in [7, 11) is 0. The number of imide groups is 2. The van der Waals surface area contributed by atoms with Gasteiger partial charge < -0.3 is 4.74 Å². The molecule has 5 rings (SSSR count). The maximum absolute atomic E-state index is 13.6. The fraction of sp³-hybridized carbons (Fsp3) is 0.100. The van der Waals surface area contributed by atoms with Crippen LogP contribution in [0.25, 0.3) is 16.8 Å². The van der Waals surface area contributed by atoms with Crippen LogP contribution in [0, 0.1) is 0 Å². The van der Waals surface area contributed by atoms with Gasteiger partial charge in [0.15, 0.2) is 0 Å². The van der Waals surface area contributed by atoms with Crippen LogP contribution in [0.5, 0.6) is 5.75 Å². The molecule has 4 amide bonds. The SMILES string of the molecule is CCc1ccccc1N1C(=O)NC(=O)/C(=C/c2c(OCc3ccc(Cl)cc3Cl)ccc3ccccc23)C1=O. The number of rotatable bonds is 6. The number of urea groups is 1. The van der Waals surface area contributed by atoms with Crippen LogP contribution in [0.1, 0.15) is 23.6 Å². The summed E-state index contributed by atoms with van der Waals surface area (Å²) in [6, 6.07) is 22.7. The van der Waals surface area contributed by atoms with E-state index in [1.54, 1.807) is 36.4 Å². The van der Waals surface area contributed by atoms with Crippen LogP contribution in [0.15, 0.2) is 84.4 Å². The zero-order valence-corrected chi connectivity index (χ0v) is 21.8.